The molecule has 0 aliphatic heterocycles. The summed E-state index contributed by atoms with van der Waals surface area (Å²) in [5, 5.41) is 0.535. The van der Waals surface area contributed by atoms with E-state index in [4.69, 9.17) is 20.9 Å². The minimum Gasteiger partial charge on any atom is -0.493 e. The number of aromatic nitrogens is 1. The van der Waals surface area contributed by atoms with Crippen LogP contribution in [0.2, 0.25) is 0 Å². The van der Waals surface area contributed by atoms with Crippen LogP contribution in [0.5, 0.6) is 11.5 Å². The Hall–Kier alpha value is -2.28. The maximum Gasteiger partial charge on any atom is 0.213 e. The Morgan fingerprint density at radius 3 is 2.50 bits per heavy atom. The monoisotopic (exact) mass is 292 g/mol. The number of nitrogens with zero attached hydrogens (tertiary/aromatic N) is 2. The van der Waals surface area contributed by atoms with Crippen LogP contribution < -0.4 is 20.9 Å². The maximum absolute atomic E-state index is 5.36. The van der Waals surface area contributed by atoms with Crippen LogP contribution in [0, 0.1) is 6.92 Å². The van der Waals surface area contributed by atoms with Crippen molar-refractivity contribution in [3.8, 4) is 22.8 Å². The molecule has 0 spiro atoms. The summed E-state index contributed by atoms with van der Waals surface area (Å²) in [6, 6.07) is 5.63. The highest BCUT2D eigenvalue weighted by Crippen LogP contribution is 2.36. The highest BCUT2D eigenvalue weighted by atomic mass is 32.1. The summed E-state index contributed by atoms with van der Waals surface area (Å²) in [6.07, 6.45) is 0. The molecule has 106 valence electrons. The SMILES string of the molecule is COc1ccc(-c2nc(N=C(N)N)sc2C)cc1OC. The molecule has 0 aliphatic rings. The maximum atomic E-state index is 5.36. The van der Waals surface area contributed by atoms with E-state index in [0.717, 1.165) is 16.1 Å². The normalized spacial score (nSPS) is 10.2. The molecule has 20 heavy (non-hydrogen) atoms. The molecule has 0 fully saturated rings. The fourth-order valence-electron chi connectivity index (χ4n) is 1.79. The Bertz CT molecular complexity index is 648. The summed E-state index contributed by atoms with van der Waals surface area (Å²) >= 11 is 1.43. The van der Waals surface area contributed by atoms with E-state index in [0.29, 0.717) is 16.6 Å². The van der Waals surface area contributed by atoms with Crippen molar-refractivity contribution < 1.29 is 9.47 Å². The molecule has 6 nitrogen and oxygen atoms in total. The molecule has 0 radical (unpaired) electrons. The summed E-state index contributed by atoms with van der Waals surface area (Å²) in [5.41, 5.74) is 12.5. The number of benzene rings is 1. The number of hydrogen-bond donors (Lipinski definition) is 2. The van der Waals surface area contributed by atoms with Gasteiger partial charge >= 0.3 is 0 Å². The Morgan fingerprint density at radius 2 is 1.90 bits per heavy atom. The summed E-state index contributed by atoms with van der Waals surface area (Å²) in [5.74, 6) is 1.33. The highest BCUT2D eigenvalue weighted by molar-refractivity contribution is 7.15. The van der Waals surface area contributed by atoms with Crippen LogP contribution in [0.3, 0.4) is 0 Å². The quantitative estimate of drug-likeness (QED) is 0.664. The molecule has 0 saturated carbocycles. The molecule has 1 heterocycles. The number of aryl methyl sites for hydroxylation is 1. The lowest BCUT2D eigenvalue weighted by molar-refractivity contribution is 0.355. The van der Waals surface area contributed by atoms with Crippen LogP contribution in [-0.4, -0.2) is 25.2 Å². The first kappa shape index (κ1) is 14.1. The lowest BCUT2D eigenvalue weighted by atomic mass is 10.1. The zero-order chi connectivity index (χ0) is 14.7. The summed E-state index contributed by atoms with van der Waals surface area (Å²) in [6.45, 7) is 1.97. The second-order valence-corrected chi connectivity index (χ2v) is 5.19. The van der Waals surface area contributed by atoms with Gasteiger partial charge in [-0.15, -0.1) is 0 Å². The van der Waals surface area contributed by atoms with Gasteiger partial charge in [0.05, 0.1) is 19.9 Å². The minimum atomic E-state index is -0.00221. The molecule has 2 aromatic rings. The van der Waals surface area contributed by atoms with Gasteiger partial charge in [-0.25, -0.2) is 4.98 Å². The molecule has 1 aromatic heterocycles. The topological polar surface area (TPSA) is 95.8 Å². The number of rotatable bonds is 4. The van der Waals surface area contributed by atoms with E-state index < -0.39 is 0 Å². The van der Waals surface area contributed by atoms with Gasteiger partial charge in [-0.2, -0.15) is 4.99 Å². The number of thiazole rings is 1. The van der Waals surface area contributed by atoms with Gasteiger partial charge in [0.25, 0.3) is 0 Å². The van der Waals surface area contributed by atoms with Gasteiger partial charge in [0.15, 0.2) is 17.5 Å². The zero-order valence-corrected chi connectivity index (χ0v) is 12.3. The molecule has 0 atom stereocenters. The van der Waals surface area contributed by atoms with Crippen LogP contribution in [-0.2, 0) is 0 Å². The van der Waals surface area contributed by atoms with E-state index in [1.807, 2.05) is 25.1 Å². The van der Waals surface area contributed by atoms with Gasteiger partial charge in [-0.05, 0) is 25.1 Å². The summed E-state index contributed by atoms with van der Waals surface area (Å²) in [4.78, 5) is 9.42. The molecule has 1 aromatic carbocycles. The summed E-state index contributed by atoms with van der Waals surface area (Å²) < 4.78 is 10.5. The number of hydrogen-bond acceptors (Lipinski definition) is 5. The van der Waals surface area contributed by atoms with Gasteiger partial charge in [-0.1, -0.05) is 11.3 Å². The highest BCUT2D eigenvalue weighted by Gasteiger charge is 2.12. The molecule has 0 amide bonds. The van der Waals surface area contributed by atoms with Crippen molar-refractivity contribution in [3.63, 3.8) is 0 Å². The average Bonchev–Trinajstić information content (AvgIpc) is 2.77. The number of ether oxygens (including phenoxy) is 2. The molecule has 4 N–H and O–H groups in total. The third kappa shape index (κ3) is 2.83. The first-order valence-corrected chi connectivity index (χ1v) is 6.66. The Morgan fingerprint density at radius 1 is 1.20 bits per heavy atom. The van der Waals surface area contributed by atoms with Crippen molar-refractivity contribution in [2.75, 3.05) is 14.2 Å². The Balaban J connectivity index is 2.46. The van der Waals surface area contributed by atoms with Crippen molar-refractivity contribution in [2.45, 2.75) is 6.92 Å². The first-order chi connectivity index (χ1) is 9.55. The van der Waals surface area contributed by atoms with Gasteiger partial charge < -0.3 is 20.9 Å². The van der Waals surface area contributed by atoms with E-state index in [-0.39, 0.29) is 5.96 Å². The Labute approximate surface area is 121 Å². The molecular formula is C13H16N4O2S. The first-order valence-electron chi connectivity index (χ1n) is 5.84. The van der Waals surface area contributed by atoms with Crippen LogP contribution >= 0.6 is 11.3 Å². The van der Waals surface area contributed by atoms with Crippen LogP contribution in [0.1, 0.15) is 4.88 Å². The number of nitrogens with two attached hydrogens (primary N) is 2. The fraction of sp³-hybridized carbons (Fsp3) is 0.231. The number of aliphatic imine (C=N–C) groups is 1. The van der Waals surface area contributed by atoms with Crippen molar-refractivity contribution in [1.29, 1.82) is 0 Å². The molecule has 0 saturated heterocycles. The predicted molar refractivity (Wildman–Crippen MR) is 80.9 cm³/mol. The van der Waals surface area contributed by atoms with Crippen LogP contribution in [0.25, 0.3) is 11.3 Å². The van der Waals surface area contributed by atoms with E-state index in [9.17, 15) is 0 Å². The lowest BCUT2D eigenvalue weighted by Gasteiger charge is -2.08. The van der Waals surface area contributed by atoms with Crippen molar-refractivity contribution in [1.82, 2.24) is 4.98 Å². The van der Waals surface area contributed by atoms with E-state index >= 15 is 0 Å². The second-order valence-electron chi connectivity index (χ2n) is 4.01. The number of guanidine groups is 1. The van der Waals surface area contributed by atoms with Crippen LogP contribution in [0.4, 0.5) is 5.13 Å². The molecule has 0 bridgehead atoms. The molecular weight excluding hydrogens is 276 g/mol. The molecule has 2 rings (SSSR count). The third-order valence-electron chi connectivity index (χ3n) is 2.67. The zero-order valence-electron chi connectivity index (χ0n) is 11.5. The number of methoxy groups -OCH3 is 2. The molecule has 0 aliphatic carbocycles. The third-order valence-corrected chi connectivity index (χ3v) is 3.53. The van der Waals surface area contributed by atoms with Gasteiger partial charge in [0.1, 0.15) is 0 Å². The van der Waals surface area contributed by atoms with Gasteiger partial charge in [0.2, 0.25) is 5.13 Å². The predicted octanol–water partition coefficient (Wildman–Crippen LogP) is 2.04. The standard InChI is InChI=1S/C13H16N4O2S/c1-7-11(16-13(20-7)17-12(14)15)8-4-5-9(18-2)10(6-8)19-3/h4-6H,1-3H3,(H4,14,15,16,17). The smallest absolute Gasteiger partial charge is 0.213 e. The van der Waals surface area contributed by atoms with E-state index in [1.54, 1.807) is 14.2 Å². The van der Waals surface area contributed by atoms with Gasteiger partial charge in [-0.3, -0.25) is 0 Å². The summed E-state index contributed by atoms with van der Waals surface area (Å²) in [7, 11) is 3.20. The van der Waals surface area contributed by atoms with E-state index in [1.165, 1.54) is 11.3 Å². The van der Waals surface area contributed by atoms with Crippen molar-refractivity contribution in [2.24, 2.45) is 16.5 Å². The lowest BCUT2D eigenvalue weighted by Crippen LogP contribution is -2.21. The second kappa shape index (κ2) is 5.79. The average molecular weight is 292 g/mol. The van der Waals surface area contributed by atoms with Crippen LogP contribution in [0.15, 0.2) is 23.2 Å². The molecule has 7 heteroatoms. The fourth-order valence-corrected chi connectivity index (χ4v) is 2.61. The van der Waals surface area contributed by atoms with Crippen molar-refractivity contribution >= 4 is 22.4 Å². The van der Waals surface area contributed by atoms with Gasteiger partial charge in [0, 0.05) is 10.4 Å². The largest absolute Gasteiger partial charge is 0.493 e. The van der Waals surface area contributed by atoms with E-state index in [2.05, 4.69) is 9.98 Å². The Kier molecular flexibility index (Phi) is 4.09. The van der Waals surface area contributed by atoms with Crippen molar-refractivity contribution in [3.05, 3.63) is 23.1 Å². The minimum absolute atomic E-state index is 0.00221. The molecule has 0 unspecified atom stereocenters.